The van der Waals surface area contributed by atoms with Crippen molar-refractivity contribution < 1.29 is 9.84 Å². The molecule has 0 aromatic rings. The van der Waals surface area contributed by atoms with Crippen LogP contribution in [0, 0.1) is 0 Å². The van der Waals surface area contributed by atoms with Crippen LogP contribution >= 0.6 is 0 Å². The first-order valence-corrected chi connectivity index (χ1v) is 5.85. The lowest BCUT2D eigenvalue weighted by molar-refractivity contribution is 0.0931. The predicted molar refractivity (Wildman–Crippen MR) is 61.0 cm³/mol. The van der Waals surface area contributed by atoms with Crippen LogP contribution in [-0.4, -0.2) is 62.0 Å². The minimum absolute atomic E-state index is 0.261. The van der Waals surface area contributed by atoms with Crippen molar-refractivity contribution in [2.24, 2.45) is 0 Å². The van der Waals surface area contributed by atoms with Crippen LogP contribution in [0.3, 0.4) is 0 Å². The van der Waals surface area contributed by atoms with Crippen LogP contribution in [0.25, 0.3) is 0 Å². The van der Waals surface area contributed by atoms with Crippen molar-refractivity contribution in [1.29, 1.82) is 0 Å². The molecule has 1 rings (SSSR count). The molecule has 1 aliphatic heterocycles. The van der Waals surface area contributed by atoms with E-state index in [4.69, 9.17) is 4.74 Å². The van der Waals surface area contributed by atoms with Crippen molar-refractivity contribution in [3.8, 4) is 0 Å². The summed E-state index contributed by atoms with van der Waals surface area (Å²) in [7, 11) is 1.72. The highest BCUT2D eigenvalue weighted by Gasteiger charge is 2.18. The van der Waals surface area contributed by atoms with Crippen LogP contribution in [0.5, 0.6) is 0 Å². The Hall–Kier alpha value is -0.160. The van der Waals surface area contributed by atoms with Crippen molar-refractivity contribution >= 4 is 0 Å². The van der Waals surface area contributed by atoms with E-state index in [0.29, 0.717) is 6.04 Å². The van der Waals surface area contributed by atoms with E-state index < -0.39 is 0 Å². The molecule has 1 fully saturated rings. The molecule has 0 aromatic heterocycles. The van der Waals surface area contributed by atoms with Gasteiger partial charge in [-0.1, -0.05) is 0 Å². The number of methoxy groups -OCH3 is 1. The fourth-order valence-electron chi connectivity index (χ4n) is 2.08. The number of aliphatic hydroxyl groups excluding tert-OH is 1. The maximum Gasteiger partial charge on any atom is 0.0639 e. The van der Waals surface area contributed by atoms with Gasteiger partial charge >= 0.3 is 0 Å². The number of ether oxygens (including phenoxy) is 1. The van der Waals surface area contributed by atoms with Crippen LogP contribution < -0.4 is 5.32 Å². The Labute approximate surface area is 92.6 Å². The summed E-state index contributed by atoms with van der Waals surface area (Å²) >= 11 is 0. The third-order valence-electron chi connectivity index (χ3n) is 2.78. The Morgan fingerprint density at radius 3 is 2.93 bits per heavy atom. The normalized spacial score (nSPS) is 23.6. The molecule has 0 bridgehead atoms. The summed E-state index contributed by atoms with van der Waals surface area (Å²) in [6.45, 7) is 6.37. The van der Waals surface area contributed by atoms with Gasteiger partial charge in [-0.2, -0.15) is 0 Å². The molecule has 0 spiro atoms. The Morgan fingerprint density at radius 1 is 1.60 bits per heavy atom. The lowest BCUT2D eigenvalue weighted by Gasteiger charge is -2.26. The van der Waals surface area contributed by atoms with Crippen molar-refractivity contribution in [2.75, 3.05) is 39.9 Å². The van der Waals surface area contributed by atoms with Gasteiger partial charge in [-0.15, -0.1) is 0 Å². The molecule has 0 amide bonds. The smallest absolute Gasteiger partial charge is 0.0639 e. The average Bonchev–Trinajstić information content (AvgIpc) is 2.66. The molecule has 0 radical (unpaired) electrons. The van der Waals surface area contributed by atoms with E-state index in [-0.39, 0.29) is 6.10 Å². The van der Waals surface area contributed by atoms with Crippen molar-refractivity contribution in [2.45, 2.75) is 31.9 Å². The maximum atomic E-state index is 9.39. The molecule has 90 valence electrons. The molecular weight excluding hydrogens is 192 g/mol. The molecule has 1 unspecified atom stereocenters. The predicted octanol–water partition coefficient (Wildman–Crippen LogP) is 0.0676. The Kier molecular flexibility index (Phi) is 6.17. The largest absolute Gasteiger partial charge is 0.392 e. The number of aliphatic hydroxyl groups is 1. The summed E-state index contributed by atoms with van der Waals surface area (Å²) in [5.41, 5.74) is 0. The number of hydrogen-bond donors (Lipinski definition) is 2. The van der Waals surface area contributed by atoms with Crippen molar-refractivity contribution in [3.05, 3.63) is 0 Å². The SMILES string of the molecule is COCCN(CC1CCCN1)C[C@@H](C)O. The zero-order chi connectivity index (χ0) is 11.1. The third-order valence-corrected chi connectivity index (χ3v) is 2.78. The zero-order valence-corrected chi connectivity index (χ0v) is 9.91. The summed E-state index contributed by atoms with van der Waals surface area (Å²) in [5.74, 6) is 0. The first kappa shape index (κ1) is 12.9. The van der Waals surface area contributed by atoms with Crippen molar-refractivity contribution in [1.82, 2.24) is 10.2 Å². The Morgan fingerprint density at radius 2 is 2.40 bits per heavy atom. The monoisotopic (exact) mass is 216 g/mol. The van der Waals surface area contributed by atoms with Gasteiger partial charge in [-0.05, 0) is 26.3 Å². The van der Waals surface area contributed by atoms with E-state index in [1.807, 2.05) is 6.92 Å². The fourth-order valence-corrected chi connectivity index (χ4v) is 2.08. The molecule has 1 heterocycles. The van der Waals surface area contributed by atoms with E-state index >= 15 is 0 Å². The average molecular weight is 216 g/mol. The maximum absolute atomic E-state index is 9.39. The summed E-state index contributed by atoms with van der Waals surface area (Å²) in [5, 5.41) is 12.9. The van der Waals surface area contributed by atoms with Gasteiger partial charge in [0.15, 0.2) is 0 Å². The van der Waals surface area contributed by atoms with E-state index in [9.17, 15) is 5.11 Å². The number of nitrogens with one attached hydrogen (secondary N) is 1. The second kappa shape index (κ2) is 7.17. The minimum Gasteiger partial charge on any atom is -0.392 e. The molecule has 0 aliphatic carbocycles. The number of nitrogens with zero attached hydrogens (tertiary/aromatic N) is 1. The lowest BCUT2D eigenvalue weighted by atomic mass is 10.2. The molecule has 15 heavy (non-hydrogen) atoms. The van der Waals surface area contributed by atoms with Gasteiger partial charge in [-0.25, -0.2) is 0 Å². The minimum atomic E-state index is -0.261. The lowest BCUT2D eigenvalue weighted by Crippen LogP contribution is -2.42. The highest BCUT2D eigenvalue weighted by molar-refractivity contribution is 4.78. The van der Waals surface area contributed by atoms with Crippen LogP contribution in [0.15, 0.2) is 0 Å². The molecular formula is C11H24N2O2. The van der Waals surface area contributed by atoms with Crippen molar-refractivity contribution in [3.63, 3.8) is 0 Å². The Bertz CT molecular complexity index is 159. The van der Waals surface area contributed by atoms with Gasteiger partial charge in [0.05, 0.1) is 12.7 Å². The quantitative estimate of drug-likeness (QED) is 0.632. The second-order valence-electron chi connectivity index (χ2n) is 4.39. The summed E-state index contributed by atoms with van der Waals surface area (Å²) in [4.78, 5) is 2.27. The van der Waals surface area contributed by atoms with Gasteiger partial charge in [0.25, 0.3) is 0 Å². The van der Waals surface area contributed by atoms with E-state index in [1.54, 1.807) is 7.11 Å². The topological polar surface area (TPSA) is 44.7 Å². The van der Waals surface area contributed by atoms with Crippen LogP contribution in [0.1, 0.15) is 19.8 Å². The molecule has 2 atom stereocenters. The molecule has 4 heteroatoms. The standard InChI is InChI=1S/C11H24N2O2/c1-10(14)8-13(6-7-15-2)9-11-4-3-5-12-11/h10-12,14H,3-9H2,1-2H3/t10-,11?/m1/s1. The van der Waals surface area contributed by atoms with Gasteiger partial charge < -0.3 is 15.2 Å². The second-order valence-corrected chi connectivity index (χ2v) is 4.39. The molecule has 2 N–H and O–H groups in total. The van der Waals surface area contributed by atoms with Crippen LogP contribution in [-0.2, 0) is 4.74 Å². The van der Waals surface area contributed by atoms with Crippen LogP contribution in [0.4, 0.5) is 0 Å². The third kappa shape index (κ3) is 5.47. The molecule has 0 aromatic carbocycles. The van der Waals surface area contributed by atoms with Crippen LogP contribution in [0.2, 0.25) is 0 Å². The highest BCUT2D eigenvalue weighted by atomic mass is 16.5. The first-order valence-electron chi connectivity index (χ1n) is 5.85. The van der Waals surface area contributed by atoms with Gasteiger partial charge in [0, 0.05) is 32.8 Å². The van der Waals surface area contributed by atoms with E-state index in [2.05, 4.69) is 10.2 Å². The first-order chi connectivity index (χ1) is 7.22. The van der Waals surface area contributed by atoms with Gasteiger partial charge in [0.1, 0.15) is 0 Å². The van der Waals surface area contributed by atoms with E-state index in [1.165, 1.54) is 12.8 Å². The summed E-state index contributed by atoms with van der Waals surface area (Å²) < 4.78 is 5.07. The molecule has 1 aliphatic rings. The molecule has 0 saturated carbocycles. The Balaban J connectivity index is 2.26. The van der Waals surface area contributed by atoms with Gasteiger partial charge in [0.2, 0.25) is 0 Å². The summed E-state index contributed by atoms with van der Waals surface area (Å²) in [6, 6.07) is 0.598. The molecule has 1 saturated heterocycles. The molecule has 4 nitrogen and oxygen atoms in total. The number of hydrogen-bond acceptors (Lipinski definition) is 4. The summed E-state index contributed by atoms with van der Waals surface area (Å²) in [6.07, 6.45) is 2.27. The van der Waals surface area contributed by atoms with E-state index in [0.717, 1.165) is 32.8 Å². The number of rotatable bonds is 7. The fraction of sp³-hybridized carbons (Fsp3) is 1.00. The zero-order valence-electron chi connectivity index (χ0n) is 9.91. The highest BCUT2D eigenvalue weighted by Crippen LogP contribution is 2.07. The van der Waals surface area contributed by atoms with Gasteiger partial charge in [-0.3, -0.25) is 4.90 Å².